The van der Waals surface area contributed by atoms with Gasteiger partial charge in [0.25, 0.3) is 0 Å². The van der Waals surface area contributed by atoms with Crippen LogP contribution in [0.5, 0.6) is 0 Å². The number of ketones is 1. The van der Waals surface area contributed by atoms with Gasteiger partial charge in [-0.25, -0.2) is 0 Å². The van der Waals surface area contributed by atoms with Crippen LogP contribution in [0.1, 0.15) is 44.1 Å². The number of hydrogen-bond acceptors (Lipinski definition) is 2. The highest BCUT2D eigenvalue weighted by Crippen LogP contribution is 2.39. The Balaban J connectivity index is 1.79. The van der Waals surface area contributed by atoms with E-state index in [1.54, 1.807) is 0 Å². The number of benzene rings is 1. The fourth-order valence-electron chi connectivity index (χ4n) is 3.87. The summed E-state index contributed by atoms with van der Waals surface area (Å²) in [4.78, 5) is 15.5. The highest BCUT2D eigenvalue weighted by molar-refractivity contribution is 9.10. The molecule has 0 amide bonds. The molecule has 1 saturated heterocycles. The van der Waals surface area contributed by atoms with Crippen LogP contribution in [0.3, 0.4) is 0 Å². The number of carbonyl (C=O) groups is 1. The number of carbonyl (C=O) groups excluding carboxylic acids is 1. The molecule has 0 N–H and O–H groups in total. The second-order valence-corrected chi connectivity index (χ2v) is 7.08. The molecule has 1 saturated carbocycles. The van der Waals surface area contributed by atoms with Crippen molar-refractivity contribution in [3.8, 4) is 0 Å². The van der Waals surface area contributed by atoms with Gasteiger partial charge in [-0.05, 0) is 56.5 Å². The maximum absolute atomic E-state index is 13.0. The van der Waals surface area contributed by atoms with Crippen molar-refractivity contribution in [2.45, 2.75) is 50.5 Å². The minimum absolute atomic E-state index is 0.140. The minimum Gasteiger partial charge on any atom is -0.297 e. The number of Topliss-reactive ketones (excluding diaryl/α,β-unsaturated/α-hetero) is 1. The van der Waals surface area contributed by atoms with Gasteiger partial charge in [-0.15, -0.1) is 0 Å². The second kappa shape index (κ2) is 5.98. The van der Waals surface area contributed by atoms with Gasteiger partial charge in [0.1, 0.15) is 0 Å². The molecule has 1 aliphatic heterocycles. The predicted octanol–water partition coefficient (Wildman–Crippen LogP) is 3.97. The van der Waals surface area contributed by atoms with Gasteiger partial charge in [0.15, 0.2) is 5.78 Å². The molecule has 2 fully saturated rings. The SMILES string of the molecule is O=C(Cc1cccc(Br)c1)C1(N2CCCC2)CCCC1. The fourth-order valence-corrected chi connectivity index (χ4v) is 4.32. The van der Waals surface area contributed by atoms with Crippen molar-refractivity contribution < 1.29 is 4.79 Å². The standard InChI is InChI=1S/C17H22BrNO/c18-15-7-5-6-14(12-15)13-16(20)17(8-1-2-9-17)19-10-3-4-11-19/h5-7,12H,1-4,8-11,13H2. The topological polar surface area (TPSA) is 20.3 Å². The third kappa shape index (κ3) is 2.71. The first-order valence-electron chi connectivity index (χ1n) is 7.73. The molecule has 0 unspecified atom stereocenters. The molecule has 3 rings (SSSR count). The normalized spacial score (nSPS) is 22.2. The van der Waals surface area contributed by atoms with Crippen molar-refractivity contribution in [1.82, 2.24) is 4.90 Å². The van der Waals surface area contributed by atoms with E-state index in [2.05, 4.69) is 33.0 Å². The van der Waals surface area contributed by atoms with Crippen LogP contribution in [-0.4, -0.2) is 29.3 Å². The van der Waals surface area contributed by atoms with Crippen molar-refractivity contribution in [2.75, 3.05) is 13.1 Å². The number of rotatable bonds is 4. The summed E-state index contributed by atoms with van der Waals surface area (Å²) in [5.74, 6) is 0.440. The molecule has 1 heterocycles. The maximum atomic E-state index is 13.0. The van der Waals surface area contributed by atoms with Gasteiger partial charge in [-0.2, -0.15) is 0 Å². The van der Waals surface area contributed by atoms with E-state index in [4.69, 9.17) is 0 Å². The summed E-state index contributed by atoms with van der Waals surface area (Å²) in [6.07, 6.45) is 7.65. The first-order valence-corrected chi connectivity index (χ1v) is 8.53. The highest BCUT2D eigenvalue weighted by Gasteiger charge is 2.45. The quantitative estimate of drug-likeness (QED) is 0.829. The van der Waals surface area contributed by atoms with E-state index in [9.17, 15) is 4.79 Å². The predicted molar refractivity (Wildman–Crippen MR) is 84.9 cm³/mol. The van der Waals surface area contributed by atoms with Crippen molar-refractivity contribution in [2.24, 2.45) is 0 Å². The molecule has 3 heteroatoms. The smallest absolute Gasteiger partial charge is 0.157 e. The molecule has 0 aromatic heterocycles. The molecule has 2 nitrogen and oxygen atoms in total. The van der Waals surface area contributed by atoms with E-state index in [1.165, 1.54) is 25.7 Å². The molecule has 0 radical (unpaired) electrons. The number of likely N-dealkylation sites (tertiary alicyclic amines) is 1. The van der Waals surface area contributed by atoms with Gasteiger partial charge < -0.3 is 0 Å². The molecule has 0 bridgehead atoms. The minimum atomic E-state index is -0.140. The Morgan fingerprint density at radius 2 is 1.85 bits per heavy atom. The third-order valence-corrected chi connectivity index (χ3v) is 5.41. The number of nitrogens with zero attached hydrogens (tertiary/aromatic N) is 1. The van der Waals surface area contributed by atoms with Crippen molar-refractivity contribution in [3.05, 3.63) is 34.3 Å². The van der Waals surface area contributed by atoms with Gasteiger partial charge in [0.05, 0.1) is 5.54 Å². The maximum Gasteiger partial charge on any atom is 0.157 e. The fraction of sp³-hybridized carbons (Fsp3) is 0.588. The summed E-state index contributed by atoms with van der Waals surface area (Å²) < 4.78 is 1.06. The van der Waals surface area contributed by atoms with Gasteiger partial charge in [0, 0.05) is 10.9 Å². The van der Waals surface area contributed by atoms with Crippen LogP contribution in [0.15, 0.2) is 28.7 Å². The lowest BCUT2D eigenvalue weighted by molar-refractivity contribution is -0.129. The summed E-state index contributed by atoms with van der Waals surface area (Å²) in [5, 5.41) is 0. The zero-order chi connectivity index (χ0) is 14.0. The van der Waals surface area contributed by atoms with Crippen molar-refractivity contribution >= 4 is 21.7 Å². The van der Waals surface area contributed by atoms with Gasteiger partial charge in [-0.1, -0.05) is 40.9 Å². The Bertz CT molecular complexity index is 488. The van der Waals surface area contributed by atoms with Gasteiger partial charge in [0.2, 0.25) is 0 Å². The molecule has 1 aromatic rings. The lowest BCUT2D eigenvalue weighted by Gasteiger charge is -2.37. The molecule has 1 aliphatic carbocycles. The Kier molecular flexibility index (Phi) is 4.27. The molecule has 108 valence electrons. The average molecular weight is 336 g/mol. The van der Waals surface area contributed by atoms with Crippen LogP contribution < -0.4 is 0 Å². The average Bonchev–Trinajstić information content (AvgIpc) is 3.11. The largest absolute Gasteiger partial charge is 0.297 e. The molecule has 1 aromatic carbocycles. The molecule has 0 atom stereocenters. The van der Waals surface area contributed by atoms with Crippen LogP contribution in [0.25, 0.3) is 0 Å². The monoisotopic (exact) mass is 335 g/mol. The zero-order valence-electron chi connectivity index (χ0n) is 11.9. The van der Waals surface area contributed by atoms with Crippen LogP contribution in [0.4, 0.5) is 0 Å². The van der Waals surface area contributed by atoms with E-state index in [0.717, 1.165) is 36.0 Å². The number of hydrogen-bond donors (Lipinski definition) is 0. The first-order chi connectivity index (χ1) is 9.71. The van der Waals surface area contributed by atoms with E-state index in [1.807, 2.05) is 12.1 Å². The lowest BCUT2D eigenvalue weighted by Crippen LogP contribution is -2.52. The van der Waals surface area contributed by atoms with Gasteiger partial charge >= 0.3 is 0 Å². The third-order valence-electron chi connectivity index (χ3n) is 4.91. The lowest BCUT2D eigenvalue weighted by atomic mass is 9.86. The van der Waals surface area contributed by atoms with Crippen LogP contribution in [0.2, 0.25) is 0 Å². The Hall–Kier alpha value is -0.670. The van der Waals surface area contributed by atoms with E-state index in [-0.39, 0.29) is 5.54 Å². The summed E-state index contributed by atoms with van der Waals surface area (Å²) in [6.45, 7) is 2.23. The highest BCUT2D eigenvalue weighted by atomic mass is 79.9. The van der Waals surface area contributed by atoms with Gasteiger partial charge in [-0.3, -0.25) is 9.69 Å². The van der Waals surface area contributed by atoms with E-state index < -0.39 is 0 Å². The molecule has 2 aliphatic rings. The molecule has 20 heavy (non-hydrogen) atoms. The Labute approximate surface area is 129 Å². The zero-order valence-corrected chi connectivity index (χ0v) is 13.5. The summed E-state index contributed by atoms with van der Waals surface area (Å²) in [6, 6.07) is 8.17. The molecular weight excluding hydrogens is 314 g/mol. The molecular formula is C17H22BrNO. The molecule has 0 spiro atoms. The summed E-state index contributed by atoms with van der Waals surface area (Å²) >= 11 is 3.49. The Morgan fingerprint density at radius 3 is 2.50 bits per heavy atom. The first kappa shape index (κ1) is 14.3. The Morgan fingerprint density at radius 1 is 1.15 bits per heavy atom. The summed E-state index contributed by atoms with van der Waals surface area (Å²) in [7, 11) is 0. The van der Waals surface area contributed by atoms with Crippen LogP contribution in [0, 0.1) is 0 Å². The van der Waals surface area contributed by atoms with E-state index >= 15 is 0 Å². The van der Waals surface area contributed by atoms with Crippen molar-refractivity contribution in [1.29, 1.82) is 0 Å². The summed E-state index contributed by atoms with van der Waals surface area (Å²) in [5.41, 5.74) is 0.994. The van der Waals surface area contributed by atoms with Crippen molar-refractivity contribution in [3.63, 3.8) is 0 Å². The van der Waals surface area contributed by atoms with E-state index in [0.29, 0.717) is 12.2 Å². The van der Waals surface area contributed by atoms with Crippen LogP contribution >= 0.6 is 15.9 Å². The van der Waals surface area contributed by atoms with Crippen LogP contribution in [-0.2, 0) is 11.2 Å². The number of halogens is 1. The second-order valence-electron chi connectivity index (χ2n) is 6.16.